The van der Waals surface area contributed by atoms with Crippen LogP contribution in [0.3, 0.4) is 0 Å². The molecule has 9 heterocycles. The van der Waals surface area contributed by atoms with Crippen molar-refractivity contribution in [2.45, 2.75) is 51.6 Å². The van der Waals surface area contributed by atoms with Gasteiger partial charge in [-0.15, -0.1) is 26.3 Å². The lowest BCUT2D eigenvalue weighted by atomic mass is 9.82. The van der Waals surface area contributed by atoms with E-state index in [1.54, 1.807) is 93.9 Å². The fourth-order valence-corrected chi connectivity index (χ4v) is 8.69. The summed E-state index contributed by atoms with van der Waals surface area (Å²) in [5.74, 6) is -0.719. The molecule has 1 aliphatic heterocycles. The van der Waals surface area contributed by atoms with Gasteiger partial charge in [0, 0.05) is 107 Å². The molecule has 2 aromatic carbocycles. The van der Waals surface area contributed by atoms with Crippen LogP contribution in [0.4, 0.5) is 26.3 Å². The van der Waals surface area contributed by atoms with Gasteiger partial charge in [-0.05, 0) is 124 Å². The van der Waals surface area contributed by atoms with Crippen molar-refractivity contribution in [2.75, 3.05) is 0 Å². The van der Waals surface area contributed by atoms with E-state index < -0.39 is 12.7 Å². The maximum Gasteiger partial charge on any atom is 0.573 e. The number of imidazole rings is 2. The highest BCUT2D eigenvalue weighted by Gasteiger charge is 2.52. The number of fused-ring (bicyclic) bond motifs is 2. The zero-order valence-electron chi connectivity index (χ0n) is 43.3. The minimum absolute atomic E-state index is 0.250. The lowest BCUT2D eigenvalue weighted by molar-refractivity contribution is -0.275. The van der Waals surface area contributed by atoms with Gasteiger partial charge in [0.25, 0.3) is 11.1 Å². The van der Waals surface area contributed by atoms with Gasteiger partial charge in [-0.1, -0.05) is 0 Å². The summed E-state index contributed by atoms with van der Waals surface area (Å²) in [5.41, 5.74) is 3.74. The number of aromatic nitrogens is 14. The quantitative estimate of drug-likeness (QED) is 0.122. The molecule has 10 aromatic rings. The average Bonchev–Trinajstić information content (AvgIpc) is 4.38. The molecule has 30 heteroatoms. The summed E-state index contributed by atoms with van der Waals surface area (Å²) in [7, 11) is 8.78. The van der Waals surface area contributed by atoms with Gasteiger partial charge >= 0.3 is 19.8 Å². The van der Waals surface area contributed by atoms with Crippen molar-refractivity contribution in [3.05, 3.63) is 157 Å². The van der Waals surface area contributed by atoms with Gasteiger partial charge < -0.3 is 27.9 Å². The summed E-state index contributed by atoms with van der Waals surface area (Å²) in [6, 6.07) is 10.1. The molecule has 11 rings (SSSR count). The van der Waals surface area contributed by atoms with Crippen LogP contribution >= 0.6 is 47.8 Å². The van der Waals surface area contributed by atoms with Crippen LogP contribution < -0.4 is 26.1 Å². The highest BCUT2D eigenvalue weighted by molar-refractivity contribution is 9.11. The number of ether oxygens (including phenoxy) is 2. The number of nitrogens with one attached hydrogen (secondary N) is 1. The van der Waals surface area contributed by atoms with E-state index >= 15 is 0 Å². The maximum absolute atomic E-state index is 12.9. The number of pyridine rings is 2. The van der Waals surface area contributed by atoms with E-state index in [2.05, 4.69) is 92.7 Å². The van der Waals surface area contributed by atoms with Gasteiger partial charge in [0.05, 0.1) is 66.9 Å². The van der Waals surface area contributed by atoms with E-state index in [4.69, 9.17) is 9.31 Å². The summed E-state index contributed by atoms with van der Waals surface area (Å²) in [6.07, 6.45) is 11.0. The molecule has 20 nitrogen and oxygen atoms in total. The van der Waals surface area contributed by atoms with Crippen molar-refractivity contribution in [3.63, 3.8) is 0 Å². The van der Waals surface area contributed by atoms with E-state index in [-0.39, 0.29) is 52.0 Å². The first-order valence-corrected chi connectivity index (χ1v) is 25.5. The molecule has 0 radical (unpaired) electrons. The molecule has 0 bridgehead atoms. The summed E-state index contributed by atoms with van der Waals surface area (Å²) in [5, 5.41) is 18.4. The van der Waals surface area contributed by atoms with Crippen LogP contribution in [0.5, 0.6) is 11.5 Å². The standard InChI is InChI=1S/C18H14F3N5O2.C14H9BrF3N3O2.C10H17BN2O2.C4H5BrN2.C3H3BrN2/c1-24-10-22-15-16(24)14(11-7-23-25(2)8-11)9-26(17(15)27)12-3-5-13(6-4-12)28-18(19,20)21;1-20-7-19-11-12(20)10(15)6-21(13(11)22)8-2-4-9(5-3-8)23-14(16,17)18;1-9(2)10(3,4)15-11(14-9)8-6-12-13(5)7-8;1-7-3-4(5)2-6-7;4-3-1-5-6-2-3/h3-10H,1-2H3;2-7H,1H3;6-7H,1-5H3;2-3H,1H3;1-2H,(H,5,6). The molecule has 0 unspecified atom stereocenters. The highest BCUT2D eigenvalue weighted by Crippen LogP contribution is 2.36. The fraction of sp³-hybridized carbons (Fsp3) is 0.265. The molecular formula is C49H48BBr3F6N14O6. The Labute approximate surface area is 471 Å². The molecule has 79 heavy (non-hydrogen) atoms. The number of hydrogen-bond acceptors (Lipinski definition) is 12. The lowest BCUT2D eigenvalue weighted by Gasteiger charge is -2.32. The Morgan fingerprint density at radius 3 is 1.44 bits per heavy atom. The molecule has 0 saturated carbocycles. The van der Waals surface area contributed by atoms with Crippen LogP contribution in [0.15, 0.2) is 146 Å². The summed E-state index contributed by atoms with van der Waals surface area (Å²) >= 11 is 9.81. The number of rotatable bonds is 6. The second-order valence-electron chi connectivity index (χ2n) is 18.2. The van der Waals surface area contributed by atoms with E-state index in [1.165, 1.54) is 46.1 Å². The molecule has 8 aromatic heterocycles. The summed E-state index contributed by atoms with van der Waals surface area (Å²) in [4.78, 5) is 33.6. The fourth-order valence-electron chi connectivity index (χ4n) is 7.42. The number of alkyl halides is 6. The van der Waals surface area contributed by atoms with Crippen LogP contribution in [-0.2, 0) is 44.5 Å². The predicted octanol–water partition coefficient (Wildman–Crippen LogP) is 9.48. The Balaban J connectivity index is 0.000000158. The zero-order chi connectivity index (χ0) is 57.8. The molecule has 1 aliphatic rings. The van der Waals surface area contributed by atoms with Crippen LogP contribution in [0.2, 0.25) is 0 Å². The van der Waals surface area contributed by atoms with Crippen molar-refractivity contribution in [3.8, 4) is 34.0 Å². The second-order valence-corrected chi connectivity index (χ2v) is 20.9. The first-order valence-electron chi connectivity index (χ1n) is 23.1. The van der Waals surface area contributed by atoms with Gasteiger partial charge in [0.1, 0.15) is 11.5 Å². The van der Waals surface area contributed by atoms with Crippen molar-refractivity contribution in [1.29, 1.82) is 0 Å². The van der Waals surface area contributed by atoms with Crippen LogP contribution in [-0.4, -0.2) is 98.8 Å². The average molecular weight is 1290 g/mol. The van der Waals surface area contributed by atoms with Gasteiger partial charge in [-0.3, -0.25) is 37.9 Å². The number of aromatic amines is 1. The van der Waals surface area contributed by atoms with Crippen LogP contribution in [0.25, 0.3) is 44.6 Å². The number of hydrogen-bond donors (Lipinski definition) is 1. The third-order valence-corrected chi connectivity index (χ3v) is 13.2. The topological polar surface area (TPSA) is 199 Å². The Kier molecular flexibility index (Phi) is 18.0. The van der Waals surface area contributed by atoms with E-state index in [9.17, 15) is 35.9 Å². The molecule has 1 fully saturated rings. The van der Waals surface area contributed by atoms with E-state index in [0.29, 0.717) is 26.9 Å². The minimum atomic E-state index is -4.78. The molecule has 0 atom stereocenters. The summed E-state index contributed by atoms with van der Waals surface area (Å²) < 4.78 is 107. The molecule has 0 aliphatic carbocycles. The Morgan fingerprint density at radius 1 is 0.582 bits per heavy atom. The monoisotopic (exact) mass is 1290 g/mol. The smallest absolute Gasteiger partial charge is 0.406 e. The number of benzene rings is 2. The lowest BCUT2D eigenvalue weighted by Crippen LogP contribution is -2.41. The maximum atomic E-state index is 12.9. The van der Waals surface area contributed by atoms with Gasteiger partial charge in [0.15, 0.2) is 11.0 Å². The first kappa shape index (κ1) is 59.4. The normalized spacial score (nSPS) is 13.6. The van der Waals surface area contributed by atoms with Crippen molar-refractivity contribution in [2.24, 2.45) is 35.2 Å². The molecule has 1 saturated heterocycles. The third-order valence-electron chi connectivity index (χ3n) is 11.8. The Bertz CT molecular complexity index is 3760. The van der Waals surface area contributed by atoms with Crippen molar-refractivity contribution < 1.29 is 45.1 Å². The van der Waals surface area contributed by atoms with Crippen molar-refractivity contribution in [1.82, 2.24) is 67.8 Å². The van der Waals surface area contributed by atoms with Gasteiger partial charge in [-0.2, -0.15) is 20.4 Å². The number of halogens is 9. The molecular weight excluding hydrogens is 1250 g/mol. The predicted molar refractivity (Wildman–Crippen MR) is 292 cm³/mol. The molecule has 0 spiro atoms. The third kappa shape index (κ3) is 14.9. The number of nitrogens with zero attached hydrogens (tertiary/aromatic N) is 13. The molecule has 0 amide bonds. The Hall–Kier alpha value is -7.28. The molecule has 416 valence electrons. The van der Waals surface area contributed by atoms with Gasteiger partial charge in [-0.25, -0.2) is 9.97 Å². The number of aryl methyl sites for hydroxylation is 5. The number of H-pyrrole nitrogens is 1. The largest absolute Gasteiger partial charge is 0.573 e. The summed E-state index contributed by atoms with van der Waals surface area (Å²) in [6.45, 7) is 8.18. The zero-order valence-corrected chi connectivity index (χ0v) is 48.0. The van der Waals surface area contributed by atoms with E-state index in [0.717, 1.165) is 49.8 Å². The Morgan fingerprint density at radius 2 is 1.05 bits per heavy atom. The van der Waals surface area contributed by atoms with Gasteiger partial charge in [0.2, 0.25) is 0 Å². The first-order chi connectivity index (χ1) is 37.0. The van der Waals surface area contributed by atoms with Crippen LogP contribution in [0, 0.1) is 0 Å². The van der Waals surface area contributed by atoms with Crippen molar-refractivity contribution >= 4 is 82.4 Å². The van der Waals surface area contributed by atoms with Crippen LogP contribution in [0.1, 0.15) is 27.7 Å². The highest BCUT2D eigenvalue weighted by atomic mass is 79.9. The van der Waals surface area contributed by atoms with E-state index in [1.807, 2.05) is 54.2 Å². The molecule has 1 N–H and O–H groups in total. The minimum Gasteiger partial charge on any atom is -0.406 e. The second kappa shape index (κ2) is 24.0. The SMILES string of the molecule is Brc1cn[nH]c1.Cn1cc(-c2cn(-c3ccc(OC(F)(F)F)cc3)c(=O)c3ncn(C)c23)cn1.Cn1cc(B2OC(C)(C)C(C)(C)O2)cn1.Cn1cc(Br)cn1.Cn1cnc2c(=O)n(-c3ccc(OC(F)(F)F)cc3)cc(Br)c21.